The molecule has 196 valence electrons. The van der Waals surface area contributed by atoms with Crippen LogP contribution in [0, 0.1) is 19.3 Å². The van der Waals surface area contributed by atoms with Crippen LogP contribution in [0.25, 0.3) is 11.1 Å². The summed E-state index contributed by atoms with van der Waals surface area (Å²) in [6.45, 7) is 17.8. The van der Waals surface area contributed by atoms with Gasteiger partial charge in [0.2, 0.25) is 0 Å². The van der Waals surface area contributed by atoms with Gasteiger partial charge < -0.3 is 19.9 Å². The minimum Gasteiger partial charge on any atom is -0.492 e. The Morgan fingerprint density at radius 2 is 1.83 bits per heavy atom. The standard InChI is InChI=1S/C28H38N2O5S/c1-15-21(18-10-11-19-20(14-18)36-13-12-34-19)22(24(26(32)33)35-28(7,8)9)16(2)29-23(15)25(31)30-17(3)27(4,5)6/h10-11,14,17,24H,12-13H2,1-9H3,(H,30,31)(H,32,33)/t17-,24-/m0/s1. The number of carboxylic acid groups (broad SMARTS) is 1. The van der Waals surface area contributed by atoms with Gasteiger partial charge >= 0.3 is 5.97 Å². The Hall–Kier alpha value is -2.58. The van der Waals surface area contributed by atoms with E-state index < -0.39 is 17.7 Å². The molecule has 2 aromatic rings. The Balaban J connectivity index is 2.26. The number of aryl methyl sites for hydroxylation is 1. The van der Waals surface area contributed by atoms with Gasteiger partial charge in [0.25, 0.3) is 5.91 Å². The molecule has 2 atom stereocenters. The van der Waals surface area contributed by atoms with Crippen LogP contribution in [-0.4, -0.2) is 46.0 Å². The number of carboxylic acids is 1. The second-order valence-electron chi connectivity index (χ2n) is 11.3. The van der Waals surface area contributed by atoms with E-state index >= 15 is 0 Å². The SMILES string of the molecule is Cc1nc(C(=O)N[C@@H](C)C(C)(C)C)c(C)c(-c2ccc3c(c2)SCCO3)c1[C@H](OC(C)(C)C)C(=O)O. The topological polar surface area (TPSA) is 97.8 Å². The first kappa shape index (κ1) is 28.0. The monoisotopic (exact) mass is 514 g/mol. The highest BCUT2D eigenvalue weighted by molar-refractivity contribution is 7.99. The zero-order valence-electron chi connectivity index (χ0n) is 22.7. The lowest BCUT2D eigenvalue weighted by molar-refractivity contribution is -0.160. The molecule has 0 spiro atoms. The molecular weight excluding hydrogens is 476 g/mol. The number of aromatic nitrogens is 1. The lowest BCUT2D eigenvalue weighted by Crippen LogP contribution is -2.42. The number of amides is 1. The minimum atomic E-state index is -1.25. The normalized spacial score (nSPS) is 15.5. The third-order valence-corrected chi connectivity index (χ3v) is 7.32. The fourth-order valence-electron chi connectivity index (χ4n) is 3.99. The van der Waals surface area contributed by atoms with Crippen molar-refractivity contribution in [2.75, 3.05) is 12.4 Å². The number of aliphatic carboxylic acids is 1. The molecule has 0 radical (unpaired) electrons. The highest BCUT2D eigenvalue weighted by atomic mass is 32.2. The number of carbonyl (C=O) groups excluding carboxylic acids is 1. The first-order valence-electron chi connectivity index (χ1n) is 12.2. The molecule has 8 heteroatoms. The van der Waals surface area contributed by atoms with E-state index in [1.54, 1.807) is 18.7 Å². The first-order chi connectivity index (χ1) is 16.6. The number of fused-ring (bicyclic) bond motifs is 1. The molecular formula is C28H38N2O5S. The molecule has 1 aliphatic heterocycles. The van der Waals surface area contributed by atoms with Gasteiger partial charge in [-0.2, -0.15) is 0 Å². The van der Waals surface area contributed by atoms with Gasteiger partial charge in [-0.3, -0.25) is 4.79 Å². The average molecular weight is 515 g/mol. The Bertz CT molecular complexity index is 1160. The molecule has 36 heavy (non-hydrogen) atoms. The van der Waals surface area contributed by atoms with Crippen LogP contribution >= 0.6 is 11.8 Å². The number of ether oxygens (including phenoxy) is 2. The van der Waals surface area contributed by atoms with Crippen LogP contribution in [0.1, 0.15) is 81.9 Å². The molecule has 1 aromatic heterocycles. The number of hydrogen-bond donors (Lipinski definition) is 2. The third kappa shape index (κ3) is 6.21. The predicted octanol–water partition coefficient (Wildman–Crippen LogP) is 5.96. The maximum absolute atomic E-state index is 13.4. The quantitative estimate of drug-likeness (QED) is 0.491. The van der Waals surface area contributed by atoms with E-state index in [4.69, 9.17) is 9.47 Å². The van der Waals surface area contributed by atoms with E-state index in [0.717, 1.165) is 22.0 Å². The summed E-state index contributed by atoms with van der Waals surface area (Å²) < 4.78 is 11.8. The lowest BCUT2D eigenvalue weighted by Gasteiger charge is -2.30. The summed E-state index contributed by atoms with van der Waals surface area (Å²) in [4.78, 5) is 31.5. The summed E-state index contributed by atoms with van der Waals surface area (Å²) in [6.07, 6.45) is -1.25. The third-order valence-electron chi connectivity index (χ3n) is 6.32. The van der Waals surface area contributed by atoms with Crippen LogP contribution in [0.3, 0.4) is 0 Å². The van der Waals surface area contributed by atoms with Crippen molar-refractivity contribution >= 4 is 23.6 Å². The molecule has 7 nitrogen and oxygen atoms in total. The number of thioether (sulfide) groups is 1. The van der Waals surface area contributed by atoms with Gasteiger partial charge in [-0.25, -0.2) is 9.78 Å². The number of nitrogens with zero attached hydrogens (tertiary/aromatic N) is 1. The van der Waals surface area contributed by atoms with Crippen molar-refractivity contribution in [2.45, 2.75) is 85.0 Å². The zero-order chi connectivity index (χ0) is 27.0. The number of nitrogens with one attached hydrogen (secondary N) is 1. The predicted molar refractivity (Wildman–Crippen MR) is 143 cm³/mol. The summed E-state index contributed by atoms with van der Waals surface area (Å²) in [6, 6.07) is 5.71. The van der Waals surface area contributed by atoms with Crippen molar-refractivity contribution in [3.8, 4) is 16.9 Å². The van der Waals surface area contributed by atoms with E-state index in [9.17, 15) is 14.7 Å². The van der Waals surface area contributed by atoms with Crippen molar-refractivity contribution < 1.29 is 24.2 Å². The highest BCUT2D eigenvalue weighted by Crippen LogP contribution is 2.42. The average Bonchev–Trinajstić information content (AvgIpc) is 2.76. The molecule has 0 unspecified atom stereocenters. The van der Waals surface area contributed by atoms with Crippen LogP contribution in [0.5, 0.6) is 5.75 Å². The minimum absolute atomic E-state index is 0.0945. The van der Waals surface area contributed by atoms with Crippen molar-refractivity contribution in [2.24, 2.45) is 5.41 Å². The zero-order valence-corrected chi connectivity index (χ0v) is 23.6. The van der Waals surface area contributed by atoms with E-state index in [2.05, 4.69) is 31.1 Å². The second-order valence-corrected chi connectivity index (χ2v) is 12.5. The van der Waals surface area contributed by atoms with Gasteiger partial charge in [0, 0.05) is 23.1 Å². The van der Waals surface area contributed by atoms with Gasteiger partial charge in [0.05, 0.1) is 17.1 Å². The summed E-state index contributed by atoms with van der Waals surface area (Å²) in [5.74, 6) is 0.244. The van der Waals surface area contributed by atoms with E-state index in [0.29, 0.717) is 29.0 Å². The Kier molecular flexibility index (Phi) is 8.10. The molecule has 1 aromatic carbocycles. The van der Waals surface area contributed by atoms with Gasteiger partial charge in [-0.1, -0.05) is 26.8 Å². The van der Waals surface area contributed by atoms with Gasteiger partial charge in [-0.15, -0.1) is 11.8 Å². The van der Waals surface area contributed by atoms with Crippen molar-refractivity contribution in [1.82, 2.24) is 10.3 Å². The maximum Gasteiger partial charge on any atom is 0.337 e. The second kappa shape index (κ2) is 10.4. The van der Waals surface area contributed by atoms with Crippen LogP contribution in [-0.2, 0) is 9.53 Å². The van der Waals surface area contributed by atoms with Gasteiger partial charge in [-0.05, 0) is 75.8 Å². The Labute approximate surface area is 218 Å². The van der Waals surface area contributed by atoms with Crippen LogP contribution in [0.15, 0.2) is 23.1 Å². The van der Waals surface area contributed by atoms with Gasteiger partial charge in [0.15, 0.2) is 6.10 Å². The smallest absolute Gasteiger partial charge is 0.337 e. The Morgan fingerprint density at radius 3 is 2.42 bits per heavy atom. The Morgan fingerprint density at radius 1 is 1.17 bits per heavy atom. The van der Waals surface area contributed by atoms with Crippen LogP contribution in [0.4, 0.5) is 0 Å². The molecule has 0 bridgehead atoms. The maximum atomic E-state index is 13.4. The summed E-state index contributed by atoms with van der Waals surface area (Å²) in [5, 5.41) is 13.3. The molecule has 0 saturated heterocycles. The lowest BCUT2D eigenvalue weighted by atomic mass is 9.87. The molecule has 2 N–H and O–H groups in total. The molecule has 2 heterocycles. The van der Waals surface area contributed by atoms with Crippen molar-refractivity contribution in [3.63, 3.8) is 0 Å². The summed E-state index contributed by atoms with van der Waals surface area (Å²) in [5.41, 5.74) is 2.40. The largest absolute Gasteiger partial charge is 0.492 e. The fourth-order valence-corrected chi connectivity index (χ4v) is 4.86. The highest BCUT2D eigenvalue weighted by Gasteiger charge is 2.34. The number of hydrogen-bond acceptors (Lipinski definition) is 6. The first-order valence-corrected chi connectivity index (χ1v) is 13.2. The van der Waals surface area contributed by atoms with E-state index in [1.807, 2.05) is 52.8 Å². The molecule has 0 aliphatic carbocycles. The summed E-state index contributed by atoms with van der Waals surface area (Å²) >= 11 is 1.69. The van der Waals surface area contributed by atoms with Gasteiger partial charge in [0.1, 0.15) is 11.4 Å². The number of carbonyl (C=O) groups is 2. The molecule has 1 amide bonds. The number of benzene rings is 1. The summed E-state index contributed by atoms with van der Waals surface area (Å²) in [7, 11) is 0. The van der Waals surface area contributed by atoms with Crippen LogP contribution < -0.4 is 10.1 Å². The fraction of sp³-hybridized carbons (Fsp3) is 0.536. The molecule has 0 saturated carbocycles. The number of pyridine rings is 1. The van der Waals surface area contributed by atoms with Crippen molar-refractivity contribution in [1.29, 1.82) is 0 Å². The van der Waals surface area contributed by atoms with E-state index in [1.165, 1.54) is 0 Å². The van der Waals surface area contributed by atoms with Crippen LogP contribution in [0.2, 0.25) is 0 Å². The molecule has 0 fully saturated rings. The molecule has 1 aliphatic rings. The molecule has 3 rings (SSSR count). The van der Waals surface area contributed by atoms with Crippen molar-refractivity contribution in [3.05, 3.63) is 40.7 Å². The number of rotatable bonds is 6. The van der Waals surface area contributed by atoms with E-state index in [-0.39, 0.29) is 23.1 Å².